The lowest BCUT2D eigenvalue weighted by Crippen LogP contribution is -2.36. The molecule has 0 atom stereocenters. The summed E-state index contributed by atoms with van der Waals surface area (Å²) in [4.78, 5) is 39.7. The van der Waals surface area contributed by atoms with Crippen molar-refractivity contribution in [3.63, 3.8) is 0 Å². The molecule has 0 unspecified atom stereocenters. The van der Waals surface area contributed by atoms with E-state index in [9.17, 15) is 9.59 Å². The van der Waals surface area contributed by atoms with Crippen LogP contribution < -0.4 is 10.6 Å². The fraction of sp³-hybridized carbons (Fsp3) is 0.385. The van der Waals surface area contributed by atoms with Crippen molar-refractivity contribution in [2.75, 3.05) is 43.5 Å². The van der Waals surface area contributed by atoms with Crippen LogP contribution in [0, 0.1) is 6.92 Å². The third kappa shape index (κ3) is 5.58. The number of rotatable bonds is 6. The molecule has 2 amide bonds. The van der Waals surface area contributed by atoms with E-state index in [2.05, 4.69) is 36.6 Å². The summed E-state index contributed by atoms with van der Waals surface area (Å²) in [7, 11) is 0. The predicted octanol–water partition coefficient (Wildman–Crippen LogP) is 3.75. The molecule has 35 heavy (non-hydrogen) atoms. The summed E-state index contributed by atoms with van der Waals surface area (Å²) in [5, 5.41) is 6.67. The van der Waals surface area contributed by atoms with Crippen molar-refractivity contribution in [3.05, 3.63) is 53.6 Å². The quantitative estimate of drug-likeness (QED) is 0.502. The van der Waals surface area contributed by atoms with Gasteiger partial charge in [-0.3, -0.25) is 19.5 Å². The molecule has 1 fully saturated rings. The minimum Gasteiger partial charge on any atom is -0.376 e. The Morgan fingerprint density at radius 2 is 1.94 bits per heavy atom. The highest BCUT2D eigenvalue weighted by Crippen LogP contribution is 2.24. The number of nitrogens with zero attached hydrogens (tertiary/aromatic N) is 3. The zero-order valence-corrected chi connectivity index (χ0v) is 19.9. The van der Waals surface area contributed by atoms with Crippen LogP contribution in [0.25, 0.3) is 16.6 Å². The Bertz CT molecular complexity index is 1280. The van der Waals surface area contributed by atoms with E-state index < -0.39 is 0 Å². The molecule has 0 spiro atoms. The molecule has 3 aromatic rings. The summed E-state index contributed by atoms with van der Waals surface area (Å²) in [5.41, 5.74) is 4.98. The average molecular weight is 475 g/mol. The molecular weight excluding hydrogens is 444 g/mol. The van der Waals surface area contributed by atoms with Crippen LogP contribution in [-0.4, -0.2) is 64.5 Å². The summed E-state index contributed by atoms with van der Waals surface area (Å²) in [6.45, 7) is 5.39. The number of aryl methyl sites for hydroxylation is 1. The monoisotopic (exact) mass is 474 g/mol. The number of piperidine rings is 1. The van der Waals surface area contributed by atoms with Crippen LogP contribution in [0.3, 0.4) is 0 Å². The van der Waals surface area contributed by atoms with Gasteiger partial charge in [-0.05, 0) is 63.0 Å². The van der Waals surface area contributed by atoms with Crippen LogP contribution in [-0.2, 0) is 9.53 Å². The number of carbonyl (C=O) groups excluding carboxylic acids is 2. The molecule has 2 aliphatic heterocycles. The van der Waals surface area contributed by atoms with Crippen molar-refractivity contribution >= 4 is 39.8 Å². The molecule has 9 heteroatoms. The lowest BCUT2D eigenvalue weighted by Gasteiger charge is -2.25. The SMILES string of the molecule is Cc1ncc(NC(=O)CN2CCCCC2)cc1NC(=O)c1cnc2[nH]c(C3=CCCOC3)cc2c1. The predicted molar refractivity (Wildman–Crippen MR) is 135 cm³/mol. The smallest absolute Gasteiger partial charge is 0.257 e. The van der Waals surface area contributed by atoms with Gasteiger partial charge in [0.1, 0.15) is 5.65 Å². The number of hydrogen-bond donors (Lipinski definition) is 3. The maximum Gasteiger partial charge on any atom is 0.257 e. The Morgan fingerprint density at radius 3 is 2.74 bits per heavy atom. The van der Waals surface area contributed by atoms with Crippen LogP contribution in [0.15, 0.2) is 36.7 Å². The van der Waals surface area contributed by atoms with Crippen LogP contribution in [0.1, 0.15) is 47.4 Å². The largest absolute Gasteiger partial charge is 0.376 e. The Balaban J connectivity index is 1.27. The highest BCUT2D eigenvalue weighted by molar-refractivity contribution is 6.06. The van der Waals surface area contributed by atoms with E-state index in [1.165, 1.54) is 6.42 Å². The van der Waals surface area contributed by atoms with Crippen LogP contribution >= 0.6 is 0 Å². The maximum absolute atomic E-state index is 13.0. The van der Waals surface area contributed by atoms with Gasteiger partial charge in [0.2, 0.25) is 5.91 Å². The molecule has 0 radical (unpaired) electrons. The number of aromatic amines is 1. The van der Waals surface area contributed by atoms with E-state index in [1.54, 1.807) is 18.5 Å². The first-order valence-electron chi connectivity index (χ1n) is 12.1. The Hall–Kier alpha value is -3.56. The molecule has 1 saturated heterocycles. The molecule has 0 aliphatic carbocycles. The van der Waals surface area contributed by atoms with E-state index in [0.717, 1.165) is 61.3 Å². The standard InChI is InChI=1S/C26H30N6O3/c1-17-22(12-21(14-27-17)29-24(33)15-32-7-3-2-4-8-32)31-26(34)20-10-19-11-23(30-25(19)28-13-20)18-6-5-9-35-16-18/h6,10-14H,2-5,7-9,15-16H2,1H3,(H,28,30)(H,29,33)(H,31,34). The van der Waals surface area contributed by atoms with Crippen LogP contribution in [0.2, 0.25) is 0 Å². The number of likely N-dealkylation sites (tertiary alicyclic amines) is 1. The van der Waals surface area contributed by atoms with Gasteiger partial charge in [-0.15, -0.1) is 0 Å². The molecule has 0 aromatic carbocycles. The normalized spacial score (nSPS) is 16.7. The van der Waals surface area contributed by atoms with Gasteiger partial charge in [0.25, 0.3) is 5.91 Å². The molecule has 5 rings (SSSR count). The number of anilines is 2. The van der Waals surface area contributed by atoms with E-state index in [4.69, 9.17) is 4.74 Å². The summed E-state index contributed by atoms with van der Waals surface area (Å²) >= 11 is 0. The van der Waals surface area contributed by atoms with Crippen molar-refractivity contribution in [1.82, 2.24) is 19.9 Å². The Kier molecular flexibility index (Phi) is 6.87. The Labute approximate surface area is 204 Å². The number of pyridine rings is 2. The zero-order chi connectivity index (χ0) is 24.2. The van der Waals surface area contributed by atoms with Crippen molar-refractivity contribution in [3.8, 4) is 0 Å². The minimum atomic E-state index is -0.288. The molecule has 3 aromatic heterocycles. The number of aromatic nitrogens is 3. The number of carbonyl (C=O) groups is 2. The van der Waals surface area contributed by atoms with Gasteiger partial charge < -0.3 is 20.4 Å². The topological polar surface area (TPSA) is 112 Å². The van der Waals surface area contributed by atoms with E-state index in [1.807, 2.05) is 19.1 Å². The Morgan fingerprint density at radius 1 is 1.09 bits per heavy atom. The second-order valence-corrected chi connectivity index (χ2v) is 9.11. The van der Waals surface area contributed by atoms with Gasteiger partial charge in [-0.2, -0.15) is 0 Å². The molecule has 182 valence electrons. The van der Waals surface area contributed by atoms with Crippen molar-refractivity contribution in [1.29, 1.82) is 0 Å². The lowest BCUT2D eigenvalue weighted by molar-refractivity contribution is -0.117. The third-order valence-corrected chi connectivity index (χ3v) is 6.42. The zero-order valence-electron chi connectivity index (χ0n) is 19.9. The molecule has 5 heterocycles. The highest BCUT2D eigenvalue weighted by atomic mass is 16.5. The third-order valence-electron chi connectivity index (χ3n) is 6.42. The molecule has 2 aliphatic rings. The second-order valence-electron chi connectivity index (χ2n) is 9.11. The molecule has 3 N–H and O–H groups in total. The number of ether oxygens (including phenoxy) is 1. The average Bonchev–Trinajstić information content (AvgIpc) is 3.31. The van der Waals surface area contributed by atoms with E-state index >= 15 is 0 Å². The lowest BCUT2D eigenvalue weighted by atomic mass is 10.1. The van der Waals surface area contributed by atoms with Crippen LogP contribution in [0.4, 0.5) is 11.4 Å². The summed E-state index contributed by atoms with van der Waals surface area (Å²) in [6.07, 6.45) is 9.70. The van der Waals surface area contributed by atoms with Crippen molar-refractivity contribution < 1.29 is 14.3 Å². The van der Waals surface area contributed by atoms with Crippen LogP contribution in [0.5, 0.6) is 0 Å². The highest BCUT2D eigenvalue weighted by Gasteiger charge is 2.16. The van der Waals surface area contributed by atoms with Crippen molar-refractivity contribution in [2.24, 2.45) is 0 Å². The van der Waals surface area contributed by atoms with Gasteiger partial charge in [-0.1, -0.05) is 12.5 Å². The van der Waals surface area contributed by atoms with Gasteiger partial charge in [0.15, 0.2) is 0 Å². The number of H-pyrrole nitrogens is 1. The van der Waals surface area contributed by atoms with Gasteiger partial charge in [-0.25, -0.2) is 4.98 Å². The van der Waals surface area contributed by atoms with Gasteiger partial charge in [0, 0.05) is 17.3 Å². The number of amides is 2. The molecule has 9 nitrogen and oxygen atoms in total. The summed E-state index contributed by atoms with van der Waals surface area (Å²) < 4.78 is 5.54. The number of fused-ring (bicyclic) bond motifs is 1. The second kappa shape index (κ2) is 10.4. The molecule has 0 saturated carbocycles. The minimum absolute atomic E-state index is 0.0776. The number of nitrogens with one attached hydrogen (secondary N) is 3. The van der Waals surface area contributed by atoms with Gasteiger partial charge in [0.05, 0.1) is 48.6 Å². The van der Waals surface area contributed by atoms with E-state index in [-0.39, 0.29) is 11.8 Å². The first kappa shape index (κ1) is 23.2. The summed E-state index contributed by atoms with van der Waals surface area (Å²) in [5.74, 6) is -0.365. The molecule has 0 bridgehead atoms. The van der Waals surface area contributed by atoms with Crippen molar-refractivity contribution in [2.45, 2.75) is 32.6 Å². The van der Waals surface area contributed by atoms with Gasteiger partial charge >= 0.3 is 0 Å². The molecular formula is C26H30N6O3. The number of hydrogen-bond acceptors (Lipinski definition) is 6. The first-order chi connectivity index (χ1) is 17.0. The first-order valence-corrected chi connectivity index (χ1v) is 12.1. The maximum atomic E-state index is 13.0. The fourth-order valence-electron chi connectivity index (χ4n) is 4.50. The fourth-order valence-corrected chi connectivity index (χ4v) is 4.50. The summed E-state index contributed by atoms with van der Waals surface area (Å²) in [6, 6.07) is 5.55. The van der Waals surface area contributed by atoms with E-state index in [0.29, 0.717) is 35.8 Å².